The predicted octanol–water partition coefficient (Wildman–Crippen LogP) is 0.849. The number of rotatable bonds is 8. The Bertz CT molecular complexity index is 1090. The zero-order valence-electron chi connectivity index (χ0n) is 15.8. The van der Waals surface area contributed by atoms with Gasteiger partial charge in [0.2, 0.25) is 0 Å². The van der Waals surface area contributed by atoms with E-state index in [-0.39, 0.29) is 18.7 Å². The number of hydrogen-bond acceptors (Lipinski definition) is 6. The van der Waals surface area contributed by atoms with Crippen molar-refractivity contribution in [1.82, 2.24) is 10.7 Å². The van der Waals surface area contributed by atoms with Crippen molar-refractivity contribution in [3.63, 3.8) is 0 Å². The number of carboxylic acid groups (broad SMARTS) is 1. The minimum atomic E-state index is -1.27. The second-order valence-corrected chi connectivity index (χ2v) is 6.28. The average Bonchev–Trinajstić information content (AvgIpc) is 2.76. The third-order valence-electron chi connectivity index (χ3n) is 4.09. The van der Waals surface area contributed by atoms with Gasteiger partial charge in [-0.3, -0.25) is 9.59 Å². The molecule has 0 saturated carbocycles. The van der Waals surface area contributed by atoms with Crippen molar-refractivity contribution in [2.45, 2.75) is 0 Å². The van der Waals surface area contributed by atoms with E-state index in [4.69, 9.17) is 4.74 Å². The van der Waals surface area contributed by atoms with E-state index in [1.54, 1.807) is 6.07 Å². The molecule has 152 valence electrons. The van der Waals surface area contributed by atoms with Gasteiger partial charge < -0.3 is 20.0 Å². The molecule has 0 saturated heterocycles. The highest BCUT2D eigenvalue weighted by Gasteiger charge is 2.06. The van der Waals surface area contributed by atoms with Gasteiger partial charge in [0.15, 0.2) is 6.61 Å². The molecule has 0 radical (unpaired) electrons. The van der Waals surface area contributed by atoms with Crippen LogP contribution in [0.3, 0.4) is 0 Å². The van der Waals surface area contributed by atoms with Gasteiger partial charge in [-0.25, -0.2) is 5.43 Å². The summed E-state index contributed by atoms with van der Waals surface area (Å²) in [5.74, 6) is -1.67. The Morgan fingerprint density at radius 3 is 2.40 bits per heavy atom. The van der Waals surface area contributed by atoms with Crippen molar-refractivity contribution in [3.05, 3.63) is 77.9 Å². The quantitative estimate of drug-likeness (QED) is 0.426. The summed E-state index contributed by atoms with van der Waals surface area (Å²) in [6, 6.07) is 19.1. The van der Waals surface area contributed by atoms with Gasteiger partial charge in [-0.15, -0.1) is 0 Å². The van der Waals surface area contributed by atoms with Gasteiger partial charge in [-0.2, -0.15) is 5.10 Å². The Balaban J connectivity index is 1.39. The number of carbonyl (C=O) groups is 3. The number of nitrogens with one attached hydrogen (secondary N) is 2. The molecule has 8 heteroatoms. The van der Waals surface area contributed by atoms with E-state index in [9.17, 15) is 19.5 Å². The van der Waals surface area contributed by atoms with Crippen LogP contribution in [0, 0.1) is 0 Å². The number of carbonyl (C=O) groups excluding carboxylic acids is 3. The highest BCUT2D eigenvalue weighted by Crippen LogP contribution is 2.20. The molecule has 2 amide bonds. The van der Waals surface area contributed by atoms with Crippen molar-refractivity contribution < 1.29 is 24.2 Å². The topological polar surface area (TPSA) is 120 Å². The molecule has 0 aromatic heterocycles. The van der Waals surface area contributed by atoms with E-state index < -0.39 is 17.8 Å². The molecule has 0 atom stereocenters. The average molecular weight is 404 g/mol. The van der Waals surface area contributed by atoms with Crippen molar-refractivity contribution in [2.75, 3.05) is 13.2 Å². The molecule has 3 aromatic rings. The van der Waals surface area contributed by atoms with Crippen molar-refractivity contribution >= 4 is 34.8 Å². The van der Waals surface area contributed by atoms with Crippen LogP contribution in [0.4, 0.5) is 0 Å². The summed E-state index contributed by atoms with van der Waals surface area (Å²) < 4.78 is 5.45. The van der Waals surface area contributed by atoms with Crippen LogP contribution in [-0.2, 0) is 9.59 Å². The summed E-state index contributed by atoms with van der Waals surface area (Å²) in [6.07, 6.45) is 1.35. The number of amides is 2. The number of benzene rings is 3. The second kappa shape index (κ2) is 9.83. The highest BCUT2D eigenvalue weighted by molar-refractivity contribution is 5.89. The molecular formula is C22H18N3O5-. The Morgan fingerprint density at radius 1 is 0.933 bits per heavy atom. The number of carboxylic acids is 1. The summed E-state index contributed by atoms with van der Waals surface area (Å²) in [5.41, 5.74) is 2.90. The Morgan fingerprint density at radius 2 is 1.67 bits per heavy atom. The minimum Gasteiger partial charge on any atom is -0.545 e. The molecule has 0 aliphatic rings. The fourth-order valence-electron chi connectivity index (χ4n) is 2.56. The van der Waals surface area contributed by atoms with Gasteiger partial charge in [0, 0.05) is 0 Å². The third kappa shape index (κ3) is 5.90. The number of ether oxygens (including phenoxy) is 1. The number of hydrazone groups is 1. The molecule has 0 spiro atoms. The van der Waals surface area contributed by atoms with E-state index in [0.29, 0.717) is 11.3 Å². The minimum absolute atomic E-state index is 0.0461. The molecule has 8 nitrogen and oxygen atoms in total. The Labute approximate surface area is 172 Å². The molecule has 0 aliphatic heterocycles. The lowest BCUT2D eigenvalue weighted by atomic mass is 10.1. The van der Waals surface area contributed by atoms with Gasteiger partial charge in [0.1, 0.15) is 5.75 Å². The standard InChI is InChI=1S/C22H19N3O5/c26-20(25-24-12-15-5-7-17(8-6-15)22(28)29)13-23-21(27)14-30-19-10-9-16-3-1-2-4-18(16)11-19/h1-12H,13-14H2,(H,23,27)(H,25,26)(H,28,29)/p-1/b24-12-. The van der Waals surface area contributed by atoms with E-state index in [1.165, 1.54) is 30.5 Å². The first kappa shape index (κ1) is 20.5. The van der Waals surface area contributed by atoms with E-state index in [1.807, 2.05) is 36.4 Å². The lowest BCUT2D eigenvalue weighted by Gasteiger charge is -2.08. The number of aromatic carboxylic acids is 1. The molecule has 3 aromatic carbocycles. The van der Waals surface area contributed by atoms with Crippen LogP contribution in [0.15, 0.2) is 71.8 Å². The number of fused-ring (bicyclic) bond motifs is 1. The third-order valence-corrected chi connectivity index (χ3v) is 4.09. The van der Waals surface area contributed by atoms with Crippen LogP contribution < -0.4 is 20.6 Å². The van der Waals surface area contributed by atoms with E-state index in [2.05, 4.69) is 15.8 Å². The Kier molecular flexibility index (Phi) is 6.73. The summed E-state index contributed by atoms with van der Waals surface area (Å²) in [7, 11) is 0. The fourth-order valence-corrected chi connectivity index (χ4v) is 2.56. The molecule has 0 heterocycles. The molecule has 3 rings (SSSR count). The summed E-state index contributed by atoms with van der Waals surface area (Å²) in [4.78, 5) is 34.3. The summed E-state index contributed by atoms with van der Waals surface area (Å²) in [5, 5.41) is 18.9. The number of hydrogen-bond donors (Lipinski definition) is 2. The molecule has 0 bridgehead atoms. The number of nitrogens with zero attached hydrogens (tertiary/aromatic N) is 1. The van der Waals surface area contributed by atoms with Crippen LogP contribution in [0.25, 0.3) is 10.8 Å². The normalized spacial score (nSPS) is 10.7. The molecule has 0 fully saturated rings. The van der Waals surface area contributed by atoms with Gasteiger partial charge in [-0.1, -0.05) is 54.6 Å². The molecular weight excluding hydrogens is 386 g/mol. The lowest BCUT2D eigenvalue weighted by molar-refractivity contribution is -0.255. The first-order valence-electron chi connectivity index (χ1n) is 9.03. The van der Waals surface area contributed by atoms with Crippen LogP contribution in [0.1, 0.15) is 15.9 Å². The first-order chi connectivity index (χ1) is 14.5. The maximum absolute atomic E-state index is 11.9. The van der Waals surface area contributed by atoms with Gasteiger partial charge >= 0.3 is 0 Å². The van der Waals surface area contributed by atoms with Crippen LogP contribution in [-0.4, -0.2) is 37.1 Å². The highest BCUT2D eigenvalue weighted by atomic mass is 16.5. The monoisotopic (exact) mass is 404 g/mol. The van der Waals surface area contributed by atoms with Crippen molar-refractivity contribution in [3.8, 4) is 5.75 Å². The molecule has 0 aliphatic carbocycles. The SMILES string of the molecule is O=C(COc1ccc2ccccc2c1)NCC(=O)N/N=C\c1ccc(C(=O)[O-])cc1. The van der Waals surface area contributed by atoms with Crippen LogP contribution in [0.5, 0.6) is 5.75 Å². The van der Waals surface area contributed by atoms with Crippen LogP contribution >= 0.6 is 0 Å². The van der Waals surface area contributed by atoms with Gasteiger partial charge in [0.05, 0.1) is 18.7 Å². The summed E-state index contributed by atoms with van der Waals surface area (Å²) in [6.45, 7) is -0.486. The van der Waals surface area contributed by atoms with E-state index >= 15 is 0 Å². The van der Waals surface area contributed by atoms with Crippen LogP contribution in [0.2, 0.25) is 0 Å². The first-order valence-corrected chi connectivity index (χ1v) is 9.03. The maximum Gasteiger partial charge on any atom is 0.259 e. The van der Waals surface area contributed by atoms with Crippen molar-refractivity contribution in [1.29, 1.82) is 0 Å². The summed E-state index contributed by atoms with van der Waals surface area (Å²) >= 11 is 0. The predicted molar refractivity (Wildman–Crippen MR) is 109 cm³/mol. The van der Waals surface area contributed by atoms with Crippen molar-refractivity contribution in [2.24, 2.45) is 5.10 Å². The lowest BCUT2D eigenvalue weighted by Crippen LogP contribution is -2.37. The second-order valence-electron chi connectivity index (χ2n) is 6.28. The fraction of sp³-hybridized carbons (Fsp3) is 0.0909. The molecule has 2 N–H and O–H groups in total. The molecule has 0 unspecified atom stereocenters. The zero-order valence-corrected chi connectivity index (χ0v) is 15.8. The smallest absolute Gasteiger partial charge is 0.259 e. The maximum atomic E-state index is 11.9. The van der Waals surface area contributed by atoms with Gasteiger partial charge in [-0.05, 0) is 34.0 Å². The largest absolute Gasteiger partial charge is 0.545 e. The van der Waals surface area contributed by atoms with Gasteiger partial charge in [0.25, 0.3) is 11.8 Å². The Hall–Kier alpha value is -4.20. The molecule has 30 heavy (non-hydrogen) atoms. The zero-order chi connectivity index (χ0) is 21.3. The van der Waals surface area contributed by atoms with E-state index in [0.717, 1.165) is 10.8 Å².